The molecule has 2 amide bonds. The van der Waals surface area contributed by atoms with Crippen LogP contribution in [0.15, 0.2) is 0 Å². The fraction of sp³-hybridized carbons (Fsp3) is 0.889. The largest absolute Gasteiger partial charge is 0.472 e. The van der Waals surface area contributed by atoms with Crippen LogP contribution in [0.25, 0.3) is 0 Å². The topological polar surface area (TPSA) is 328 Å². The standard InChI is InChI=1S/C36H63N5O19P2/c1-20(2)52-18-26-32(30(44)34(46)57-26)60-62(50,51)55-15-7-13-38-35(47)53-17-23-21-8-10-24-25(11-9-22(21)23)41(40-39-24)16-28(42)37-12-6-14-54-61(48,49)56-19-27-31(59-36(3,4)5)29(43)33(45)58-27/h20-23,26-27,29-34,43-46H,6-19H2,1-5H3,(H,37,42)(H,38,47)(H,48,49)(H,50,51)/t21?,22?,23?,26-,27-,29?,30?,31?,32?,33-,34-/m1/s1. The Balaban J connectivity index is 0.929. The van der Waals surface area contributed by atoms with Gasteiger partial charge in [0.05, 0.1) is 56.1 Å². The van der Waals surface area contributed by atoms with Crippen LogP contribution in [-0.4, -0.2) is 164 Å². The van der Waals surface area contributed by atoms with E-state index in [1.54, 1.807) is 39.3 Å². The van der Waals surface area contributed by atoms with Gasteiger partial charge < -0.3 is 64.5 Å². The molecule has 0 radical (unpaired) electrons. The van der Waals surface area contributed by atoms with E-state index in [1.807, 2.05) is 0 Å². The molecule has 5 rings (SSSR count). The zero-order chi connectivity index (χ0) is 45.4. The van der Waals surface area contributed by atoms with Crippen LogP contribution >= 0.6 is 15.6 Å². The minimum Gasteiger partial charge on any atom is -0.449 e. The van der Waals surface area contributed by atoms with Crippen molar-refractivity contribution in [1.82, 2.24) is 25.6 Å². The lowest BCUT2D eigenvalue weighted by molar-refractivity contribution is -0.139. The molecular formula is C36H63N5O19P2. The van der Waals surface area contributed by atoms with Crippen LogP contribution in [0.1, 0.15) is 71.7 Å². The molecule has 1 saturated carbocycles. The Bertz CT molecular complexity index is 1720. The zero-order valence-corrected chi connectivity index (χ0v) is 37.3. The van der Waals surface area contributed by atoms with Gasteiger partial charge in [0, 0.05) is 13.1 Å². The highest BCUT2D eigenvalue weighted by Gasteiger charge is 2.51. The van der Waals surface area contributed by atoms with Gasteiger partial charge in [0.2, 0.25) is 5.91 Å². The number of nitrogens with one attached hydrogen (secondary N) is 2. The van der Waals surface area contributed by atoms with Crippen LogP contribution in [0, 0.1) is 17.8 Å². The van der Waals surface area contributed by atoms with Crippen LogP contribution in [0.4, 0.5) is 4.79 Å². The van der Waals surface area contributed by atoms with E-state index < -0.39 is 83.2 Å². The molecule has 62 heavy (non-hydrogen) atoms. The number of hydrogen-bond acceptors (Lipinski definition) is 19. The number of amides is 2. The molecule has 1 aromatic heterocycles. The first kappa shape index (κ1) is 50.8. The molecule has 3 fully saturated rings. The van der Waals surface area contributed by atoms with Gasteiger partial charge in [-0.15, -0.1) is 5.10 Å². The van der Waals surface area contributed by atoms with Crippen molar-refractivity contribution in [2.75, 3.05) is 46.1 Å². The minimum atomic E-state index is -4.66. The second-order valence-corrected chi connectivity index (χ2v) is 19.8. The van der Waals surface area contributed by atoms with E-state index in [4.69, 9.17) is 41.8 Å². The van der Waals surface area contributed by atoms with Gasteiger partial charge in [-0.1, -0.05) is 5.21 Å². The van der Waals surface area contributed by atoms with E-state index in [1.165, 1.54) is 0 Å². The Hall–Kier alpha value is -2.22. The third kappa shape index (κ3) is 15.2. The van der Waals surface area contributed by atoms with Crippen molar-refractivity contribution in [3.05, 3.63) is 11.4 Å². The number of alkyl carbamates (subject to hydrolysis) is 1. The lowest BCUT2D eigenvalue weighted by atomic mass is 10.0. The van der Waals surface area contributed by atoms with E-state index in [2.05, 4.69) is 20.9 Å². The summed E-state index contributed by atoms with van der Waals surface area (Å²) >= 11 is 0. The summed E-state index contributed by atoms with van der Waals surface area (Å²) in [6.45, 7) is 8.07. The maximum atomic E-state index is 12.8. The fourth-order valence-electron chi connectivity index (χ4n) is 7.60. The molecule has 2 saturated heterocycles. The maximum Gasteiger partial charge on any atom is 0.472 e. The normalized spacial score (nSPS) is 31.6. The third-order valence-electron chi connectivity index (χ3n) is 10.7. The predicted molar refractivity (Wildman–Crippen MR) is 211 cm³/mol. The first-order valence-corrected chi connectivity index (χ1v) is 23.8. The average Bonchev–Trinajstić information content (AvgIpc) is 3.42. The van der Waals surface area contributed by atoms with Gasteiger partial charge in [0.15, 0.2) is 12.6 Å². The number of ether oxygens (including phenoxy) is 5. The van der Waals surface area contributed by atoms with Crippen LogP contribution in [-0.2, 0) is 75.1 Å². The van der Waals surface area contributed by atoms with E-state index in [-0.39, 0.29) is 76.8 Å². The predicted octanol–water partition coefficient (Wildman–Crippen LogP) is 0.0424. The van der Waals surface area contributed by atoms with Gasteiger partial charge in [0.25, 0.3) is 0 Å². The molecule has 0 spiro atoms. The summed E-state index contributed by atoms with van der Waals surface area (Å²) in [5.74, 6) is 0.485. The number of aliphatic hydroxyl groups is 4. The zero-order valence-electron chi connectivity index (χ0n) is 35.6. The Morgan fingerprint density at radius 2 is 1.44 bits per heavy atom. The molecule has 13 atom stereocenters. The highest BCUT2D eigenvalue weighted by atomic mass is 31.2. The molecule has 8 N–H and O–H groups in total. The van der Waals surface area contributed by atoms with Crippen molar-refractivity contribution in [1.29, 1.82) is 0 Å². The average molecular weight is 932 g/mol. The smallest absolute Gasteiger partial charge is 0.449 e. The monoisotopic (exact) mass is 931 g/mol. The molecule has 2 aliphatic heterocycles. The van der Waals surface area contributed by atoms with Crippen LogP contribution in [0.5, 0.6) is 0 Å². The summed E-state index contributed by atoms with van der Waals surface area (Å²) in [5.41, 5.74) is 0.969. The van der Waals surface area contributed by atoms with E-state index in [0.29, 0.717) is 24.7 Å². The summed E-state index contributed by atoms with van der Waals surface area (Å²) in [6, 6.07) is 0. The highest BCUT2D eigenvalue weighted by Crippen LogP contribution is 2.53. The SMILES string of the molecule is CC(C)OC[C@H]1O[C@@H](O)C(O)C1OP(=O)(O)OCCCNC(=O)OCC1C2CCc3nnn(CC(=O)NCCCOP(=O)(O)OC[C@H]4O[C@@H](O)C(O)C4OC(C)(C)C)c3CCC21. The Kier molecular flexibility index (Phi) is 18.3. The van der Waals surface area contributed by atoms with Crippen molar-refractivity contribution < 1.29 is 90.7 Å². The summed E-state index contributed by atoms with van der Waals surface area (Å²) in [6.07, 6.45) is -8.13. The fourth-order valence-corrected chi connectivity index (χ4v) is 9.36. The molecule has 3 heterocycles. The van der Waals surface area contributed by atoms with Crippen LogP contribution in [0.2, 0.25) is 0 Å². The second kappa shape index (κ2) is 22.3. The number of phosphoric ester groups is 2. The lowest BCUT2D eigenvalue weighted by Crippen LogP contribution is -2.42. The number of aryl methyl sites for hydroxylation is 1. The Morgan fingerprint density at radius 3 is 2.08 bits per heavy atom. The first-order valence-electron chi connectivity index (χ1n) is 20.8. The molecule has 1 aromatic rings. The van der Waals surface area contributed by atoms with Gasteiger partial charge in [-0.25, -0.2) is 18.6 Å². The van der Waals surface area contributed by atoms with Crippen molar-refractivity contribution in [2.24, 2.45) is 17.8 Å². The summed E-state index contributed by atoms with van der Waals surface area (Å²) < 4.78 is 73.6. The summed E-state index contributed by atoms with van der Waals surface area (Å²) in [5, 5.41) is 53.8. The number of aromatic nitrogens is 3. The molecule has 26 heteroatoms. The van der Waals surface area contributed by atoms with Gasteiger partial charge in [0.1, 0.15) is 43.2 Å². The van der Waals surface area contributed by atoms with Crippen LogP contribution < -0.4 is 10.6 Å². The minimum absolute atomic E-state index is 0.0759. The molecule has 0 aromatic carbocycles. The number of carbonyl (C=O) groups is 2. The number of nitrogens with zero attached hydrogens (tertiary/aromatic N) is 3. The van der Waals surface area contributed by atoms with E-state index in [9.17, 15) is 48.9 Å². The number of rotatable bonds is 23. The van der Waals surface area contributed by atoms with E-state index in [0.717, 1.165) is 24.2 Å². The Labute approximate surface area is 359 Å². The van der Waals surface area contributed by atoms with Crippen molar-refractivity contribution >= 4 is 27.6 Å². The lowest BCUT2D eigenvalue weighted by Gasteiger charge is -2.29. The van der Waals surface area contributed by atoms with Crippen molar-refractivity contribution in [3.8, 4) is 0 Å². The number of aliphatic hydroxyl groups excluding tert-OH is 4. The maximum absolute atomic E-state index is 12.8. The molecule has 0 bridgehead atoms. The van der Waals surface area contributed by atoms with Crippen molar-refractivity contribution in [3.63, 3.8) is 0 Å². The molecule has 356 valence electrons. The summed E-state index contributed by atoms with van der Waals surface area (Å²) in [7, 11) is -9.20. The highest BCUT2D eigenvalue weighted by molar-refractivity contribution is 7.47. The molecule has 4 aliphatic rings. The number of hydrogen-bond donors (Lipinski definition) is 8. The van der Waals surface area contributed by atoms with Gasteiger partial charge in [-0.3, -0.25) is 22.9 Å². The molecule has 9 unspecified atom stereocenters. The Morgan fingerprint density at radius 1 is 0.839 bits per heavy atom. The second-order valence-electron chi connectivity index (χ2n) is 16.9. The van der Waals surface area contributed by atoms with Crippen LogP contribution in [0.3, 0.4) is 0 Å². The number of phosphoric acid groups is 2. The third-order valence-corrected chi connectivity index (χ3v) is 12.7. The number of fused-ring (bicyclic) bond motifs is 2. The molecular weight excluding hydrogens is 868 g/mol. The van der Waals surface area contributed by atoms with Gasteiger partial charge >= 0.3 is 21.7 Å². The first-order chi connectivity index (χ1) is 29.1. The summed E-state index contributed by atoms with van der Waals surface area (Å²) in [4.78, 5) is 45.4. The number of carbonyl (C=O) groups excluding carboxylic acids is 2. The van der Waals surface area contributed by atoms with E-state index >= 15 is 0 Å². The van der Waals surface area contributed by atoms with Gasteiger partial charge in [-0.2, -0.15) is 0 Å². The van der Waals surface area contributed by atoms with Crippen molar-refractivity contribution in [2.45, 2.75) is 141 Å². The molecule has 2 aliphatic carbocycles. The van der Waals surface area contributed by atoms with Gasteiger partial charge in [-0.05, 0) is 90.9 Å². The quantitative estimate of drug-likeness (QED) is 0.0531. The molecule has 24 nitrogen and oxygen atoms in total.